The molecule has 0 atom stereocenters. The standard InChI is InChI=1S/C18H14ClN3O2S/c19-16-6-8-17(9-7-16)25(23,24)22-21-18(14-4-2-1-3-5-14)15-10-12-20-13-11-15/h1-13,22H/b21-18-. The number of hydrazone groups is 1. The molecule has 1 heterocycles. The van der Waals surface area contributed by atoms with E-state index in [1.807, 2.05) is 30.3 Å². The molecular weight excluding hydrogens is 358 g/mol. The average molecular weight is 372 g/mol. The average Bonchev–Trinajstić information content (AvgIpc) is 2.64. The molecule has 0 aliphatic heterocycles. The molecule has 126 valence electrons. The third kappa shape index (κ3) is 4.23. The molecule has 0 amide bonds. The highest BCUT2D eigenvalue weighted by atomic mass is 35.5. The summed E-state index contributed by atoms with van der Waals surface area (Å²) < 4.78 is 24.9. The van der Waals surface area contributed by atoms with Gasteiger partial charge in [0.05, 0.1) is 10.6 Å². The number of halogens is 1. The number of hydrogen-bond acceptors (Lipinski definition) is 4. The van der Waals surface area contributed by atoms with Crippen LogP contribution in [0.4, 0.5) is 0 Å². The second kappa shape index (κ2) is 7.46. The molecule has 0 radical (unpaired) electrons. The van der Waals surface area contributed by atoms with Crippen LogP contribution in [0.25, 0.3) is 0 Å². The van der Waals surface area contributed by atoms with E-state index in [1.54, 1.807) is 24.5 Å². The summed E-state index contributed by atoms with van der Waals surface area (Å²) in [5.74, 6) is 0. The van der Waals surface area contributed by atoms with E-state index >= 15 is 0 Å². The van der Waals surface area contributed by atoms with Crippen molar-refractivity contribution < 1.29 is 8.42 Å². The first-order chi connectivity index (χ1) is 12.1. The number of sulfonamides is 1. The van der Waals surface area contributed by atoms with Crippen LogP contribution in [0.15, 0.2) is 89.1 Å². The molecule has 3 aromatic rings. The maximum atomic E-state index is 12.4. The van der Waals surface area contributed by atoms with Gasteiger partial charge in [-0.2, -0.15) is 18.4 Å². The Labute approximate surface area is 151 Å². The molecule has 0 fully saturated rings. The number of pyridine rings is 1. The van der Waals surface area contributed by atoms with Crippen LogP contribution in [0.5, 0.6) is 0 Å². The number of nitrogens with zero attached hydrogens (tertiary/aromatic N) is 2. The maximum absolute atomic E-state index is 12.4. The zero-order valence-electron chi connectivity index (χ0n) is 13.0. The topological polar surface area (TPSA) is 71.4 Å². The quantitative estimate of drug-likeness (QED) is 0.551. The van der Waals surface area contributed by atoms with E-state index in [9.17, 15) is 8.42 Å². The number of nitrogens with one attached hydrogen (secondary N) is 1. The van der Waals surface area contributed by atoms with Crippen molar-refractivity contribution in [3.8, 4) is 0 Å². The summed E-state index contributed by atoms with van der Waals surface area (Å²) in [7, 11) is -3.80. The first-order valence-electron chi connectivity index (χ1n) is 7.37. The van der Waals surface area contributed by atoms with Gasteiger partial charge in [0.2, 0.25) is 0 Å². The van der Waals surface area contributed by atoms with Gasteiger partial charge in [0.15, 0.2) is 0 Å². The SMILES string of the molecule is O=S(=O)(N/N=C(/c1ccccc1)c1ccncc1)c1ccc(Cl)cc1. The lowest BCUT2D eigenvalue weighted by Gasteiger charge is -2.09. The van der Waals surface area contributed by atoms with Gasteiger partial charge in [0.25, 0.3) is 10.0 Å². The molecule has 0 bridgehead atoms. The molecule has 0 saturated carbocycles. The molecular formula is C18H14ClN3O2S. The van der Waals surface area contributed by atoms with Gasteiger partial charge in [-0.05, 0) is 36.4 Å². The van der Waals surface area contributed by atoms with Gasteiger partial charge in [0.1, 0.15) is 0 Å². The van der Waals surface area contributed by atoms with Gasteiger partial charge in [-0.25, -0.2) is 0 Å². The van der Waals surface area contributed by atoms with Gasteiger partial charge in [-0.1, -0.05) is 41.9 Å². The van der Waals surface area contributed by atoms with Gasteiger partial charge >= 0.3 is 0 Å². The van der Waals surface area contributed by atoms with Crippen molar-refractivity contribution in [2.24, 2.45) is 5.10 Å². The minimum atomic E-state index is -3.80. The molecule has 0 spiro atoms. The van der Waals surface area contributed by atoms with E-state index in [2.05, 4.69) is 14.9 Å². The fourth-order valence-electron chi connectivity index (χ4n) is 2.17. The second-order valence-electron chi connectivity index (χ2n) is 5.11. The lowest BCUT2D eigenvalue weighted by Crippen LogP contribution is -2.21. The summed E-state index contributed by atoms with van der Waals surface area (Å²) in [5.41, 5.74) is 2.04. The molecule has 5 nitrogen and oxygen atoms in total. The van der Waals surface area contributed by atoms with Crippen LogP contribution in [-0.4, -0.2) is 19.1 Å². The van der Waals surface area contributed by atoms with Gasteiger partial charge in [-0.3, -0.25) is 4.98 Å². The molecule has 2 aromatic carbocycles. The zero-order valence-corrected chi connectivity index (χ0v) is 14.6. The van der Waals surface area contributed by atoms with Crippen LogP contribution >= 0.6 is 11.6 Å². The van der Waals surface area contributed by atoms with Crippen LogP contribution < -0.4 is 4.83 Å². The smallest absolute Gasteiger partial charge is 0.265 e. The lowest BCUT2D eigenvalue weighted by molar-refractivity contribution is 0.584. The Morgan fingerprint density at radius 1 is 0.880 bits per heavy atom. The Morgan fingerprint density at radius 3 is 2.12 bits per heavy atom. The maximum Gasteiger partial charge on any atom is 0.276 e. The molecule has 7 heteroatoms. The van der Waals surface area contributed by atoms with Crippen LogP contribution in [0.2, 0.25) is 5.02 Å². The van der Waals surface area contributed by atoms with Crippen molar-refractivity contribution in [2.75, 3.05) is 0 Å². The van der Waals surface area contributed by atoms with Crippen LogP contribution in [-0.2, 0) is 10.0 Å². The molecule has 0 unspecified atom stereocenters. The monoisotopic (exact) mass is 371 g/mol. The summed E-state index contributed by atoms with van der Waals surface area (Å²) in [6.07, 6.45) is 3.25. The Morgan fingerprint density at radius 2 is 1.48 bits per heavy atom. The van der Waals surface area contributed by atoms with E-state index in [0.29, 0.717) is 10.7 Å². The van der Waals surface area contributed by atoms with E-state index in [-0.39, 0.29) is 4.90 Å². The third-order valence-electron chi connectivity index (χ3n) is 3.40. The largest absolute Gasteiger partial charge is 0.276 e. The van der Waals surface area contributed by atoms with Crippen LogP contribution in [0.1, 0.15) is 11.1 Å². The van der Waals surface area contributed by atoms with Gasteiger partial charge in [0, 0.05) is 28.5 Å². The van der Waals surface area contributed by atoms with Crippen molar-refractivity contribution in [3.63, 3.8) is 0 Å². The predicted octanol–water partition coefficient (Wildman–Crippen LogP) is 3.47. The fourth-order valence-corrected chi connectivity index (χ4v) is 3.11. The Hall–Kier alpha value is -2.70. The summed E-state index contributed by atoms with van der Waals surface area (Å²) in [6, 6.07) is 18.7. The first kappa shape index (κ1) is 17.1. The second-order valence-corrected chi connectivity index (χ2v) is 7.21. The lowest BCUT2D eigenvalue weighted by atomic mass is 10.0. The first-order valence-corrected chi connectivity index (χ1v) is 9.23. The molecule has 0 aliphatic rings. The summed E-state index contributed by atoms with van der Waals surface area (Å²) in [6.45, 7) is 0. The van der Waals surface area contributed by atoms with Crippen molar-refractivity contribution in [1.29, 1.82) is 0 Å². The van der Waals surface area contributed by atoms with Gasteiger partial charge < -0.3 is 0 Å². The van der Waals surface area contributed by atoms with E-state index in [1.165, 1.54) is 24.3 Å². The minimum Gasteiger partial charge on any atom is -0.265 e. The number of aromatic nitrogens is 1. The zero-order chi connectivity index (χ0) is 17.7. The van der Waals surface area contributed by atoms with Crippen LogP contribution in [0, 0.1) is 0 Å². The molecule has 0 saturated heterocycles. The number of rotatable bonds is 5. The van der Waals surface area contributed by atoms with E-state index in [4.69, 9.17) is 11.6 Å². The Balaban J connectivity index is 1.98. The fraction of sp³-hybridized carbons (Fsp3) is 0. The van der Waals surface area contributed by atoms with Crippen molar-refractivity contribution in [1.82, 2.24) is 9.82 Å². The minimum absolute atomic E-state index is 0.0859. The molecule has 1 N–H and O–H groups in total. The van der Waals surface area contributed by atoms with E-state index < -0.39 is 10.0 Å². The highest BCUT2D eigenvalue weighted by molar-refractivity contribution is 7.89. The van der Waals surface area contributed by atoms with E-state index in [0.717, 1.165) is 11.1 Å². The summed E-state index contributed by atoms with van der Waals surface area (Å²) in [4.78, 5) is 6.35. The highest BCUT2D eigenvalue weighted by Gasteiger charge is 2.14. The molecule has 1 aromatic heterocycles. The van der Waals surface area contributed by atoms with Crippen molar-refractivity contribution >= 4 is 27.3 Å². The third-order valence-corrected chi connectivity index (χ3v) is 4.88. The molecule has 25 heavy (non-hydrogen) atoms. The van der Waals surface area contributed by atoms with Crippen molar-refractivity contribution in [2.45, 2.75) is 4.90 Å². The summed E-state index contributed by atoms with van der Waals surface area (Å²) in [5, 5.41) is 4.61. The number of hydrogen-bond donors (Lipinski definition) is 1. The highest BCUT2D eigenvalue weighted by Crippen LogP contribution is 2.15. The van der Waals surface area contributed by atoms with Crippen LogP contribution in [0.3, 0.4) is 0 Å². The summed E-state index contributed by atoms with van der Waals surface area (Å²) >= 11 is 5.80. The van der Waals surface area contributed by atoms with Gasteiger partial charge in [-0.15, -0.1) is 0 Å². The Kier molecular flexibility index (Phi) is 5.11. The number of benzene rings is 2. The molecule has 3 rings (SSSR count). The predicted molar refractivity (Wildman–Crippen MR) is 98.1 cm³/mol. The molecule has 0 aliphatic carbocycles. The Bertz CT molecular complexity index is 932. The van der Waals surface area contributed by atoms with Crippen molar-refractivity contribution in [3.05, 3.63) is 95.3 Å². The normalized spacial score (nSPS) is 12.0.